The highest BCUT2D eigenvalue weighted by Gasteiger charge is 2.13. The van der Waals surface area contributed by atoms with Crippen LogP contribution in [-0.4, -0.2) is 16.1 Å². The molecule has 0 spiro atoms. The molecule has 2 rings (SSSR count). The third-order valence-corrected chi connectivity index (χ3v) is 3.32. The number of para-hydroxylation sites is 1. The summed E-state index contributed by atoms with van der Waals surface area (Å²) in [5.74, 6) is 0.872. The molecule has 0 bridgehead atoms. The molecule has 2 aromatic rings. The predicted octanol–water partition coefficient (Wildman–Crippen LogP) is 4.55. The maximum Gasteiger partial charge on any atom is 0.133 e. The van der Waals surface area contributed by atoms with Crippen LogP contribution in [0.25, 0.3) is 11.3 Å². The van der Waals surface area contributed by atoms with Gasteiger partial charge in [0.2, 0.25) is 0 Å². The van der Waals surface area contributed by atoms with Crippen LogP contribution in [0.3, 0.4) is 0 Å². The van der Waals surface area contributed by atoms with E-state index in [9.17, 15) is 0 Å². The van der Waals surface area contributed by atoms with E-state index in [-0.39, 0.29) is 6.10 Å². The van der Waals surface area contributed by atoms with E-state index in [1.807, 2.05) is 32.0 Å². The highest BCUT2D eigenvalue weighted by atomic mass is 32.1. The van der Waals surface area contributed by atoms with Gasteiger partial charge in [0.15, 0.2) is 0 Å². The molecule has 0 radical (unpaired) electrons. The Bertz CT molecular complexity index is 634. The molecule has 1 heterocycles. The molecule has 0 aliphatic rings. The standard InChI is InChI=1S/C16H20N2OS/c1-4-7-13-15(17-10-18-16(13)20)12-8-5-6-9-14(12)19-11(2)3/h5-6,8-11H,4,7H2,1-3H3,(H,17,18,20). The molecule has 0 aliphatic heterocycles. The van der Waals surface area contributed by atoms with Gasteiger partial charge in [0.1, 0.15) is 10.4 Å². The molecule has 1 aromatic carbocycles. The maximum atomic E-state index is 5.90. The van der Waals surface area contributed by atoms with E-state index in [1.54, 1.807) is 6.33 Å². The average Bonchev–Trinajstić information content (AvgIpc) is 2.41. The number of benzene rings is 1. The van der Waals surface area contributed by atoms with E-state index in [0.29, 0.717) is 4.64 Å². The molecular formula is C16H20N2OS. The molecule has 1 N–H and O–H groups in total. The van der Waals surface area contributed by atoms with E-state index in [0.717, 1.165) is 35.4 Å². The average molecular weight is 288 g/mol. The Labute approximate surface area is 125 Å². The lowest BCUT2D eigenvalue weighted by molar-refractivity contribution is 0.243. The van der Waals surface area contributed by atoms with E-state index < -0.39 is 0 Å². The highest BCUT2D eigenvalue weighted by molar-refractivity contribution is 7.71. The van der Waals surface area contributed by atoms with Crippen LogP contribution in [0, 0.1) is 4.64 Å². The zero-order chi connectivity index (χ0) is 14.5. The molecule has 20 heavy (non-hydrogen) atoms. The minimum atomic E-state index is 0.135. The normalized spacial score (nSPS) is 10.8. The Hall–Kier alpha value is -1.68. The molecular weight excluding hydrogens is 268 g/mol. The molecule has 0 atom stereocenters. The summed E-state index contributed by atoms with van der Waals surface area (Å²) in [4.78, 5) is 7.43. The largest absolute Gasteiger partial charge is 0.490 e. The summed E-state index contributed by atoms with van der Waals surface area (Å²) in [5, 5.41) is 0. The van der Waals surface area contributed by atoms with Gasteiger partial charge in [-0.15, -0.1) is 0 Å². The van der Waals surface area contributed by atoms with Gasteiger partial charge in [0, 0.05) is 11.1 Å². The van der Waals surface area contributed by atoms with Crippen LogP contribution >= 0.6 is 12.2 Å². The number of hydrogen-bond acceptors (Lipinski definition) is 3. The zero-order valence-corrected chi connectivity index (χ0v) is 13.0. The lowest BCUT2D eigenvalue weighted by atomic mass is 10.0. The van der Waals surface area contributed by atoms with Gasteiger partial charge in [-0.05, 0) is 32.4 Å². The van der Waals surface area contributed by atoms with Crippen molar-refractivity contribution in [2.24, 2.45) is 0 Å². The predicted molar refractivity (Wildman–Crippen MR) is 84.6 cm³/mol. The summed E-state index contributed by atoms with van der Waals surface area (Å²) in [6.45, 7) is 6.19. The van der Waals surface area contributed by atoms with Crippen molar-refractivity contribution < 1.29 is 4.74 Å². The fraction of sp³-hybridized carbons (Fsp3) is 0.375. The summed E-state index contributed by atoms with van der Waals surface area (Å²) in [6, 6.07) is 8.03. The first kappa shape index (κ1) is 14.7. The topological polar surface area (TPSA) is 37.9 Å². The summed E-state index contributed by atoms with van der Waals surface area (Å²) in [7, 11) is 0. The third kappa shape index (κ3) is 3.25. The quantitative estimate of drug-likeness (QED) is 0.820. The first-order valence-corrected chi connectivity index (χ1v) is 7.37. The molecule has 0 fully saturated rings. The molecule has 0 unspecified atom stereocenters. The number of ether oxygens (including phenoxy) is 1. The lowest BCUT2D eigenvalue weighted by Gasteiger charge is -2.16. The number of hydrogen-bond donors (Lipinski definition) is 1. The van der Waals surface area contributed by atoms with Crippen molar-refractivity contribution >= 4 is 12.2 Å². The van der Waals surface area contributed by atoms with Crippen molar-refractivity contribution in [1.29, 1.82) is 0 Å². The number of nitrogens with zero attached hydrogens (tertiary/aromatic N) is 1. The number of aromatic amines is 1. The van der Waals surface area contributed by atoms with Gasteiger partial charge in [-0.25, -0.2) is 4.98 Å². The zero-order valence-electron chi connectivity index (χ0n) is 12.1. The van der Waals surface area contributed by atoms with Crippen LogP contribution in [0.5, 0.6) is 5.75 Å². The van der Waals surface area contributed by atoms with Gasteiger partial charge < -0.3 is 9.72 Å². The Morgan fingerprint density at radius 2 is 2.05 bits per heavy atom. The van der Waals surface area contributed by atoms with Gasteiger partial charge in [-0.3, -0.25) is 0 Å². The van der Waals surface area contributed by atoms with Crippen molar-refractivity contribution in [2.45, 2.75) is 39.7 Å². The Balaban J connectivity index is 2.57. The van der Waals surface area contributed by atoms with Crippen molar-refractivity contribution in [1.82, 2.24) is 9.97 Å². The summed E-state index contributed by atoms with van der Waals surface area (Å²) in [6.07, 6.45) is 3.73. The van der Waals surface area contributed by atoms with Gasteiger partial charge in [0.05, 0.1) is 18.1 Å². The monoisotopic (exact) mass is 288 g/mol. The minimum absolute atomic E-state index is 0.135. The minimum Gasteiger partial charge on any atom is -0.490 e. The number of rotatable bonds is 5. The summed E-state index contributed by atoms with van der Waals surface area (Å²) >= 11 is 5.36. The van der Waals surface area contributed by atoms with E-state index in [4.69, 9.17) is 17.0 Å². The molecule has 0 saturated carbocycles. The molecule has 0 saturated heterocycles. The fourth-order valence-corrected chi connectivity index (χ4v) is 2.44. The van der Waals surface area contributed by atoms with Crippen LogP contribution in [0.4, 0.5) is 0 Å². The smallest absolute Gasteiger partial charge is 0.133 e. The van der Waals surface area contributed by atoms with E-state index in [1.165, 1.54) is 0 Å². The van der Waals surface area contributed by atoms with Crippen molar-refractivity contribution in [3.05, 3.63) is 40.8 Å². The Kier molecular flexibility index (Phi) is 4.90. The molecule has 106 valence electrons. The van der Waals surface area contributed by atoms with Gasteiger partial charge in [-0.2, -0.15) is 0 Å². The summed E-state index contributed by atoms with van der Waals surface area (Å²) in [5.41, 5.74) is 3.14. The molecule has 0 aliphatic carbocycles. The SMILES string of the molecule is CCCc1c(-c2ccccc2OC(C)C)[nH]cnc1=S. The second kappa shape index (κ2) is 6.66. The van der Waals surface area contributed by atoms with Crippen LogP contribution in [0.2, 0.25) is 0 Å². The van der Waals surface area contributed by atoms with Crippen LogP contribution in [0.15, 0.2) is 30.6 Å². The van der Waals surface area contributed by atoms with Crippen LogP contribution < -0.4 is 4.74 Å². The van der Waals surface area contributed by atoms with Gasteiger partial charge in [0.25, 0.3) is 0 Å². The molecule has 4 heteroatoms. The Morgan fingerprint density at radius 3 is 2.75 bits per heavy atom. The first-order valence-electron chi connectivity index (χ1n) is 6.96. The number of aromatic nitrogens is 2. The molecule has 1 aromatic heterocycles. The Morgan fingerprint density at radius 1 is 1.30 bits per heavy atom. The van der Waals surface area contributed by atoms with Crippen LogP contribution in [0.1, 0.15) is 32.8 Å². The maximum absolute atomic E-state index is 5.90. The van der Waals surface area contributed by atoms with E-state index >= 15 is 0 Å². The van der Waals surface area contributed by atoms with Crippen molar-refractivity contribution in [2.75, 3.05) is 0 Å². The lowest BCUT2D eigenvalue weighted by Crippen LogP contribution is -2.07. The second-order valence-corrected chi connectivity index (χ2v) is 5.36. The number of H-pyrrole nitrogens is 1. The second-order valence-electron chi connectivity index (χ2n) is 4.97. The molecule has 0 amide bonds. The van der Waals surface area contributed by atoms with Gasteiger partial charge >= 0.3 is 0 Å². The number of nitrogens with one attached hydrogen (secondary N) is 1. The third-order valence-electron chi connectivity index (χ3n) is 2.97. The molecule has 3 nitrogen and oxygen atoms in total. The van der Waals surface area contributed by atoms with E-state index in [2.05, 4.69) is 23.0 Å². The van der Waals surface area contributed by atoms with Crippen molar-refractivity contribution in [3.63, 3.8) is 0 Å². The van der Waals surface area contributed by atoms with Crippen LogP contribution in [-0.2, 0) is 6.42 Å². The summed E-state index contributed by atoms with van der Waals surface area (Å²) < 4.78 is 6.56. The first-order chi connectivity index (χ1) is 9.63. The highest BCUT2D eigenvalue weighted by Crippen LogP contribution is 2.31. The fourth-order valence-electron chi connectivity index (χ4n) is 2.18. The van der Waals surface area contributed by atoms with Gasteiger partial charge in [-0.1, -0.05) is 37.7 Å². The van der Waals surface area contributed by atoms with Crippen molar-refractivity contribution in [3.8, 4) is 17.0 Å².